The molecule has 0 fully saturated rings. The van der Waals surface area contributed by atoms with E-state index in [1.807, 2.05) is 25.3 Å². The van der Waals surface area contributed by atoms with Crippen molar-refractivity contribution in [2.24, 2.45) is 0 Å². The van der Waals surface area contributed by atoms with Crippen LogP contribution in [0.1, 0.15) is 18.9 Å². The van der Waals surface area contributed by atoms with Gasteiger partial charge in [0, 0.05) is 6.54 Å². The van der Waals surface area contributed by atoms with Crippen LogP contribution in [0.2, 0.25) is 0 Å². The van der Waals surface area contributed by atoms with E-state index in [2.05, 4.69) is 37.2 Å². The molecule has 0 aliphatic rings. The maximum Gasteiger partial charge on any atom is 0.320 e. The minimum absolute atomic E-state index is 0.495. The number of rotatable bonds is 9. The first-order chi connectivity index (χ1) is 9.99. The average molecular weight is 441 g/mol. The lowest BCUT2D eigenvalue weighted by molar-refractivity contribution is -0.139. The Hall–Kier alpha value is -0.240. The van der Waals surface area contributed by atoms with E-state index < -0.39 is 12.0 Å². The first-order valence-electron chi connectivity index (χ1n) is 6.55. The molecule has 0 aromatic heterocycles. The molecule has 7 heteroatoms. The number of nitrogens with one attached hydrogen (secondary N) is 1. The van der Waals surface area contributed by atoms with Crippen molar-refractivity contribution in [3.8, 4) is 5.75 Å². The molecule has 0 saturated carbocycles. The molecular weight excluding hydrogens is 422 g/mol. The van der Waals surface area contributed by atoms with Crippen molar-refractivity contribution in [2.45, 2.75) is 25.9 Å². The molecule has 2 N–H and O–H groups in total. The molecule has 1 aromatic carbocycles. The van der Waals surface area contributed by atoms with Gasteiger partial charge in [-0.2, -0.15) is 11.8 Å². The van der Waals surface area contributed by atoms with E-state index in [9.17, 15) is 9.90 Å². The van der Waals surface area contributed by atoms with Crippen molar-refractivity contribution in [3.05, 3.63) is 26.6 Å². The Kier molecular flexibility index (Phi) is 8.70. The fourth-order valence-electron chi connectivity index (χ4n) is 1.79. The summed E-state index contributed by atoms with van der Waals surface area (Å²) in [5, 5.41) is 12.3. The molecule has 0 spiro atoms. The average Bonchev–Trinajstić information content (AvgIpc) is 2.42. The van der Waals surface area contributed by atoms with E-state index >= 15 is 0 Å². The zero-order valence-corrected chi connectivity index (χ0v) is 16.0. The Morgan fingerprint density at radius 1 is 1.43 bits per heavy atom. The van der Waals surface area contributed by atoms with Gasteiger partial charge in [0.25, 0.3) is 0 Å². The van der Waals surface area contributed by atoms with Crippen molar-refractivity contribution in [3.63, 3.8) is 0 Å². The lowest BCUT2D eigenvalue weighted by Crippen LogP contribution is -2.36. The van der Waals surface area contributed by atoms with Gasteiger partial charge in [0.15, 0.2) is 0 Å². The minimum Gasteiger partial charge on any atom is -0.492 e. The maximum absolute atomic E-state index is 11.2. The van der Waals surface area contributed by atoms with Crippen molar-refractivity contribution in [2.75, 3.05) is 18.6 Å². The lowest BCUT2D eigenvalue weighted by Gasteiger charge is -2.15. The Bertz CT molecular complexity index is 462. The summed E-state index contributed by atoms with van der Waals surface area (Å²) in [5.74, 6) is 0.771. The number of hydrogen-bond donors (Lipinski definition) is 2. The SMILES string of the molecule is CCOc1c(Br)cc(CNC(CCSC)C(=O)O)cc1Br. The van der Waals surface area contributed by atoms with E-state index in [-0.39, 0.29) is 0 Å². The number of hydrogen-bond acceptors (Lipinski definition) is 4. The summed E-state index contributed by atoms with van der Waals surface area (Å²) in [7, 11) is 0. The molecule has 0 aliphatic carbocycles. The quantitative estimate of drug-likeness (QED) is 0.609. The summed E-state index contributed by atoms with van der Waals surface area (Å²) in [4.78, 5) is 11.2. The highest BCUT2D eigenvalue weighted by Crippen LogP contribution is 2.34. The third kappa shape index (κ3) is 6.18. The second-order valence-corrected chi connectivity index (χ2v) is 7.07. The van der Waals surface area contributed by atoms with E-state index in [1.54, 1.807) is 11.8 Å². The molecule has 0 bridgehead atoms. The molecular formula is C14H19Br2NO3S. The smallest absolute Gasteiger partial charge is 0.320 e. The van der Waals surface area contributed by atoms with E-state index in [4.69, 9.17) is 4.74 Å². The molecule has 1 atom stereocenters. The fraction of sp³-hybridized carbons (Fsp3) is 0.500. The molecule has 0 radical (unpaired) electrons. The summed E-state index contributed by atoms with van der Waals surface area (Å²) in [5.41, 5.74) is 0.993. The predicted molar refractivity (Wildman–Crippen MR) is 94.3 cm³/mol. The van der Waals surface area contributed by atoms with Crippen LogP contribution in [0.5, 0.6) is 5.75 Å². The molecule has 118 valence electrons. The van der Waals surface area contributed by atoms with Crippen molar-refractivity contribution < 1.29 is 14.6 Å². The van der Waals surface area contributed by atoms with E-state index in [0.717, 1.165) is 26.0 Å². The molecule has 1 aromatic rings. The topological polar surface area (TPSA) is 58.6 Å². The second kappa shape index (κ2) is 9.71. The van der Waals surface area contributed by atoms with Gasteiger partial charge in [-0.1, -0.05) is 0 Å². The second-order valence-electron chi connectivity index (χ2n) is 4.37. The molecule has 0 amide bonds. The van der Waals surface area contributed by atoms with Crippen molar-refractivity contribution >= 4 is 49.6 Å². The number of carboxylic acids is 1. The lowest BCUT2D eigenvalue weighted by atomic mass is 10.2. The summed E-state index contributed by atoms with van der Waals surface area (Å²) < 4.78 is 7.23. The number of aliphatic carboxylic acids is 1. The van der Waals surface area contributed by atoms with Gasteiger partial charge >= 0.3 is 5.97 Å². The predicted octanol–water partition coefficient (Wildman–Crippen LogP) is 3.91. The van der Waals surface area contributed by atoms with Gasteiger partial charge < -0.3 is 15.2 Å². The first-order valence-corrected chi connectivity index (χ1v) is 9.53. The minimum atomic E-state index is -0.812. The van der Waals surface area contributed by atoms with Gasteiger partial charge in [-0.3, -0.25) is 4.79 Å². The summed E-state index contributed by atoms with van der Waals surface area (Å²) in [6.07, 6.45) is 2.58. The molecule has 0 aliphatic heterocycles. The number of halogens is 2. The Morgan fingerprint density at radius 3 is 2.52 bits per heavy atom. The highest BCUT2D eigenvalue weighted by molar-refractivity contribution is 9.11. The molecule has 0 heterocycles. The zero-order valence-electron chi connectivity index (χ0n) is 12.0. The van der Waals surface area contributed by atoms with Crippen LogP contribution < -0.4 is 10.1 Å². The van der Waals surface area contributed by atoms with Gasteiger partial charge in [-0.15, -0.1) is 0 Å². The Balaban J connectivity index is 2.72. The molecule has 4 nitrogen and oxygen atoms in total. The molecule has 1 rings (SSSR count). The molecule has 0 saturated heterocycles. The number of ether oxygens (including phenoxy) is 1. The zero-order chi connectivity index (χ0) is 15.8. The number of benzene rings is 1. The highest BCUT2D eigenvalue weighted by Gasteiger charge is 2.16. The standard InChI is InChI=1S/C14H19Br2NO3S/c1-3-20-13-10(15)6-9(7-11(13)16)8-17-12(14(18)19)4-5-21-2/h6-7,12,17H,3-5,8H2,1-2H3,(H,18,19). The Labute approximate surface area is 146 Å². The van der Waals surface area contributed by atoms with Crippen LogP contribution in [0.15, 0.2) is 21.1 Å². The van der Waals surface area contributed by atoms with Crippen LogP contribution in [0.4, 0.5) is 0 Å². The third-order valence-electron chi connectivity index (χ3n) is 2.81. The van der Waals surface area contributed by atoms with Crippen LogP contribution in [-0.4, -0.2) is 35.7 Å². The van der Waals surface area contributed by atoms with Crippen LogP contribution in [0, 0.1) is 0 Å². The normalized spacial score (nSPS) is 12.2. The van der Waals surface area contributed by atoms with E-state index in [1.165, 1.54) is 0 Å². The van der Waals surface area contributed by atoms with Crippen LogP contribution >= 0.6 is 43.6 Å². The summed E-state index contributed by atoms with van der Waals surface area (Å²) in [6, 6.07) is 3.36. The van der Waals surface area contributed by atoms with Crippen LogP contribution in [-0.2, 0) is 11.3 Å². The first kappa shape index (κ1) is 18.8. The van der Waals surface area contributed by atoms with Crippen LogP contribution in [0.3, 0.4) is 0 Å². The number of thioether (sulfide) groups is 1. The monoisotopic (exact) mass is 439 g/mol. The van der Waals surface area contributed by atoms with E-state index in [0.29, 0.717) is 19.6 Å². The van der Waals surface area contributed by atoms with Crippen LogP contribution in [0.25, 0.3) is 0 Å². The summed E-state index contributed by atoms with van der Waals surface area (Å²) in [6.45, 7) is 3.01. The van der Waals surface area contributed by atoms with Gasteiger partial charge in [-0.05, 0) is 74.9 Å². The Morgan fingerprint density at radius 2 is 2.05 bits per heavy atom. The highest BCUT2D eigenvalue weighted by atomic mass is 79.9. The summed E-state index contributed by atoms with van der Waals surface area (Å²) >= 11 is 8.60. The largest absolute Gasteiger partial charge is 0.492 e. The number of carboxylic acid groups (broad SMARTS) is 1. The number of carbonyl (C=O) groups is 1. The molecule has 21 heavy (non-hydrogen) atoms. The van der Waals surface area contributed by atoms with Crippen molar-refractivity contribution in [1.29, 1.82) is 0 Å². The fourth-order valence-corrected chi connectivity index (χ4v) is 3.77. The molecule has 1 unspecified atom stereocenters. The van der Waals surface area contributed by atoms with Gasteiger partial charge in [-0.25, -0.2) is 0 Å². The third-order valence-corrected chi connectivity index (χ3v) is 4.63. The van der Waals surface area contributed by atoms with Crippen molar-refractivity contribution in [1.82, 2.24) is 5.32 Å². The maximum atomic E-state index is 11.2. The van der Waals surface area contributed by atoms with Gasteiger partial charge in [0.1, 0.15) is 11.8 Å². The van der Waals surface area contributed by atoms with Gasteiger partial charge in [0.2, 0.25) is 0 Å². The van der Waals surface area contributed by atoms with Gasteiger partial charge in [0.05, 0.1) is 15.6 Å².